The summed E-state index contributed by atoms with van der Waals surface area (Å²) in [6, 6.07) is 18.4. The summed E-state index contributed by atoms with van der Waals surface area (Å²) in [7, 11) is -3.51. The molecule has 1 aliphatic rings. The molecule has 0 saturated carbocycles. The smallest absolute Gasteiger partial charge is 0.341 e. The van der Waals surface area contributed by atoms with E-state index in [0.717, 1.165) is 17.3 Å². The molecule has 2 amide bonds. The van der Waals surface area contributed by atoms with Crippen LogP contribution in [0.25, 0.3) is 0 Å². The second-order valence-corrected chi connectivity index (χ2v) is 10.7. The quantitative estimate of drug-likeness (QED) is 0.301. The lowest BCUT2D eigenvalue weighted by Crippen LogP contribution is -2.37. The Labute approximate surface area is 223 Å². The number of aliphatic imine (C=N–C) groups is 1. The molecule has 10 heteroatoms. The molecule has 0 bridgehead atoms. The van der Waals surface area contributed by atoms with E-state index < -0.39 is 37.2 Å². The van der Waals surface area contributed by atoms with Gasteiger partial charge in [-0.2, -0.15) is 0 Å². The minimum Gasteiger partial charge on any atom is -0.341 e. The van der Waals surface area contributed by atoms with Gasteiger partial charge in [0.25, 0.3) is 11.8 Å². The minimum atomic E-state index is -3.51. The zero-order chi connectivity index (χ0) is 27.5. The van der Waals surface area contributed by atoms with Gasteiger partial charge in [0.2, 0.25) is 0 Å². The summed E-state index contributed by atoms with van der Waals surface area (Å²) in [5.74, 6) is -2.09. The highest BCUT2D eigenvalue weighted by atomic mass is 31.2. The second-order valence-electron chi connectivity index (χ2n) is 8.63. The molecule has 0 aromatic heterocycles. The Kier molecular flexibility index (Phi) is 10.7. The summed E-state index contributed by atoms with van der Waals surface area (Å²) in [4.78, 5) is 43.7. The predicted molar refractivity (Wildman–Crippen MR) is 146 cm³/mol. The summed E-state index contributed by atoms with van der Waals surface area (Å²) in [5, 5.41) is 5.52. The molecular formula is C28H34N3O6P. The first-order chi connectivity index (χ1) is 18.3. The number of hydrogen-bond donors (Lipinski definition) is 2. The van der Waals surface area contributed by atoms with Gasteiger partial charge in [0.1, 0.15) is 17.6 Å². The summed E-state index contributed by atoms with van der Waals surface area (Å²) in [5.41, 5.74) is 1.68. The van der Waals surface area contributed by atoms with Gasteiger partial charge in [0.05, 0.1) is 19.3 Å². The number of nitrogens with zero attached hydrogens (tertiary/aromatic N) is 1. The second kappa shape index (κ2) is 14.0. The maximum Gasteiger partial charge on any atom is 0.349 e. The Morgan fingerprint density at radius 2 is 1.50 bits per heavy atom. The van der Waals surface area contributed by atoms with Crippen LogP contribution in [0.15, 0.2) is 77.4 Å². The van der Waals surface area contributed by atoms with Crippen LogP contribution in [-0.4, -0.2) is 42.8 Å². The highest BCUT2D eigenvalue weighted by Crippen LogP contribution is 2.46. The van der Waals surface area contributed by atoms with Gasteiger partial charge in [-0.3, -0.25) is 23.9 Å². The van der Waals surface area contributed by atoms with Crippen molar-refractivity contribution in [3.63, 3.8) is 0 Å². The van der Waals surface area contributed by atoms with Crippen molar-refractivity contribution in [2.24, 2.45) is 10.9 Å². The van der Waals surface area contributed by atoms with E-state index in [0.29, 0.717) is 6.42 Å². The third-order valence-electron chi connectivity index (χ3n) is 6.05. The van der Waals surface area contributed by atoms with Crippen LogP contribution in [0.4, 0.5) is 0 Å². The molecule has 3 rings (SSSR count). The SMILES string of the molecule is CCOP(=O)(CNC(=O)C1=NC=C(C(=O)NC(c2ccccc2)c2ccccc2)C(=O)CC1CC)OCC. The van der Waals surface area contributed by atoms with Crippen molar-refractivity contribution in [2.45, 2.75) is 39.7 Å². The van der Waals surface area contributed by atoms with E-state index in [1.165, 1.54) is 0 Å². The standard InChI is InChI=1S/C28H34N3O6P/c1-4-20-17-24(32)23(18-29-26(20)28(34)30-19-38(35,36-5-2)37-6-3)27(33)31-25(21-13-9-7-10-14-21)22-15-11-8-12-16-22/h7-16,18,20,25H,4-6,17,19H2,1-3H3,(H,30,34)(H,31,33). The van der Waals surface area contributed by atoms with E-state index >= 15 is 0 Å². The van der Waals surface area contributed by atoms with Crippen molar-refractivity contribution in [3.05, 3.63) is 83.6 Å². The lowest BCUT2D eigenvalue weighted by atomic mass is 9.92. The number of carbonyl (C=O) groups is 3. The molecule has 0 fully saturated rings. The summed E-state index contributed by atoms with van der Waals surface area (Å²) < 4.78 is 23.2. The van der Waals surface area contributed by atoms with Gasteiger partial charge in [-0.25, -0.2) is 0 Å². The molecule has 0 aliphatic carbocycles. The maximum absolute atomic E-state index is 13.4. The predicted octanol–water partition coefficient (Wildman–Crippen LogP) is 4.56. The van der Waals surface area contributed by atoms with E-state index in [-0.39, 0.29) is 37.2 Å². The molecular weight excluding hydrogens is 505 g/mol. The van der Waals surface area contributed by atoms with Crippen molar-refractivity contribution in [2.75, 3.05) is 19.5 Å². The van der Waals surface area contributed by atoms with Crippen LogP contribution in [-0.2, 0) is 28.0 Å². The van der Waals surface area contributed by atoms with E-state index in [2.05, 4.69) is 15.6 Å². The third kappa shape index (κ3) is 7.57. The van der Waals surface area contributed by atoms with E-state index in [1.54, 1.807) is 13.8 Å². The molecule has 0 saturated heterocycles. The fraction of sp³-hybridized carbons (Fsp3) is 0.357. The molecule has 0 radical (unpaired) electrons. The average Bonchev–Trinajstić information content (AvgIpc) is 3.10. The van der Waals surface area contributed by atoms with Crippen LogP contribution < -0.4 is 10.6 Å². The van der Waals surface area contributed by atoms with Crippen LogP contribution >= 0.6 is 7.60 Å². The normalized spacial score (nSPS) is 15.9. The van der Waals surface area contributed by atoms with Crippen LogP contribution in [0.5, 0.6) is 0 Å². The van der Waals surface area contributed by atoms with Gasteiger partial charge in [-0.15, -0.1) is 0 Å². The molecule has 9 nitrogen and oxygen atoms in total. The van der Waals surface area contributed by atoms with Gasteiger partial charge >= 0.3 is 7.60 Å². The van der Waals surface area contributed by atoms with E-state index in [1.807, 2.05) is 67.6 Å². The van der Waals surface area contributed by atoms with Gasteiger partial charge < -0.3 is 19.7 Å². The van der Waals surface area contributed by atoms with Crippen LogP contribution in [0.1, 0.15) is 50.8 Å². The summed E-state index contributed by atoms with van der Waals surface area (Å²) >= 11 is 0. The first kappa shape index (κ1) is 29.2. The fourth-order valence-electron chi connectivity index (χ4n) is 4.15. The maximum atomic E-state index is 13.4. The largest absolute Gasteiger partial charge is 0.349 e. The lowest BCUT2D eigenvalue weighted by molar-refractivity contribution is -0.123. The van der Waals surface area contributed by atoms with Crippen LogP contribution in [0, 0.1) is 5.92 Å². The number of amides is 2. The molecule has 38 heavy (non-hydrogen) atoms. The topological polar surface area (TPSA) is 123 Å². The van der Waals surface area contributed by atoms with Crippen molar-refractivity contribution >= 4 is 30.9 Å². The van der Waals surface area contributed by atoms with Crippen molar-refractivity contribution in [3.8, 4) is 0 Å². The first-order valence-electron chi connectivity index (χ1n) is 12.7. The van der Waals surface area contributed by atoms with Crippen LogP contribution in [0.3, 0.4) is 0 Å². The number of ketones is 1. The fourth-order valence-corrected chi connectivity index (χ4v) is 5.53. The van der Waals surface area contributed by atoms with Gasteiger partial charge in [-0.1, -0.05) is 67.6 Å². The number of carbonyl (C=O) groups excluding carboxylic acids is 3. The molecule has 1 atom stereocenters. The number of benzene rings is 2. The number of Topliss-reactive ketones (excluding diaryl/α,β-unsaturated/α-hetero) is 1. The molecule has 0 spiro atoms. The first-order valence-corrected chi connectivity index (χ1v) is 14.4. The highest BCUT2D eigenvalue weighted by Gasteiger charge is 2.32. The zero-order valence-corrected chi connectivity index (χ0v) is 22.8. The number of nitrogens with one attached hydrogen (secondary N) is 2. The Morgan fingerprint density at radius 3 is 2.00 bits per heavy atom. The third-order valence-corrected chi connectivity index (χ3v) is 7.90. The Morgan fingerprint density at radius 1 is 0.947 bits per heavy atom. The Hall–Kier alpha value is -3.39. The molecule has 202 valence electrons. The van der Waals surface area contributed by atoms with Crippen molar-refractivity contribution in [1.82, 2.24) is 10.6 Å². The molecule has 1 aliphatic heterocycles. The van der Waals surface area contributed by atoms with Crippen molar-refractivity contribution in [1.29, 1.82) is 0 Å². The summed E-state index contributed by atoms with van der Waals surface area (Å²) in [6.07, 6.45) is 1.22. The Bertz CT molecular complexity index is 1180. The van der Waals surface area contributed by atoms with Gasteiger partial charge in [-0.05, 0) is 31.4 Å². The van der Waals surface area contributed by atoms with E-state index in [9.17, 15) is 18.9 Å². The molecule has 2 aromatic carbocycles. The van der Waals surface area contributed by atoms with Gasteiger partial charge in [0, 0.05) is 18.5 Å². The number of hydrogen-bond acceptors (Lipinski definition) is 7. The zero-order valence-electron chi connectivity index (χ0n) is 21.9. The molecule has 2 N–H and O–H groups in total. The van der Waals surface area contributed by atoms with Gasteiger partial charge in [0.15, 0.2) is 5.78 Å². The van der Waals surface area contributed by atoms with Crippen molar-refractivity contribution < 1.29 is 28.0 Å². The lowest BCUT2D eigenvalue weighted by Gasteiger charge is -2.20. The molecule has 1 unspecified atom stereocenters. The molecule has 2 aromatic rings. The van der Waals surface area contributed by atoms with Crippen LogP contribution in [0.2, 0.25) is 0 Å². The highest BCUT2D eigenvalue weighted by molar-refractivity contribution is 7.53. The number of rotatable bonds is 12. The monoisotopic (exact) mass is 539 g/mol. The Balaban J connectivity index is 1.84. The van der Waals surface area contributed by atoms with E-state index in [4.69, 9.17) is 9.05 Å². The molecule has 1 heterocycles. The minimum absolute atomic E-state index is 0.0576. The average molecular weight is 540 g/mol. The summed E-state index contributed by atoms with van der Waals surface area (Å²) in [6.45, 7) is 5.51.